The number of nitrogens with one attached hydrogen (secondary N) is 1. The number of hydrogen-bond acceptors (Lipinski definition) is 5. The van der Waals surface area contributed by atoms with E-state index >= 15 is 0 Å². The number of aromatic nitrogens is 2. The number of carbonyl (C=O) groups is 2. The number of anilines is 2. The van der Waals surface area contributed by atoms with Crippen LogP contribution in [0.25, 0.3) is 0 Å². The highest BCUT2D eigenvalue weighted by molar-refractivity contribution is 7.15. The number of amides is 2. The van der Waals surface area contributed by atoms with E-state index < -0.39 is 0 Å². The molecule has 124 valence electrons. The summed E-state index contributed by atoms with van der Waals surface area (Å²) in [6.45, 7) is 0.406. The zero-order valence-corrected chi connectivity index (χ0v) is 14.0. The number of hydrogen-bond donors (Lipinski definition) is 1. The van der Waals surface area contributed by atoms with Crippen molar-refractivity contribution in [1.82, 2.24) is 10.2 Å². The van der Waals surface area contributed by atoms with Gasteiger partial charge in [-0.15, -0.1) is 10.2 Å². The predicted molar refractivity (Wildman–Crippen MR) is 92.0 cm³/mol. The van der Waals surface area contributed by atoms with E-state index in [0.29, 0.717) is 17.6 Å². The Morgan fingerprint density at radius 1 is 1.21 bits per heavy atom. The molecule has 4 rings (SSSR count). The van der Waals surface area contributed by atoms with Gasteiger partial charge in [0.25, 0.3) is 0 Å². The zero-order valence-electron chi connectivity index (χ0n) is 13.1. The number of para-hydroxylation sites is 1. The Bertz CT molecular complexity index is 757. The molecule has 7 heteroatoms. The number of rotatable bonds is 4. The summed E-state index contributed by atoms with van der Waals surface area (Å²) in [6.07, 6.45) is 3.79. The smallest absolute Gasteiger partial charge is 0.231 e. The van der Waals surface area contributed by atoms with E-state index in [1.165, 1.54) is 17.8 Å². The van der Waals surface area contributed by atoms with Crippen molar-refractivity contribution in [3.63, 3.8) is 0 Å². The van der Waals surface area contributed by atoms with Crippen LogP contribution in [0.1, 0.15) is 36.6 Å². The van der Waals surface area contributed by atoms with Gasteiger partial charge in [0.15, 0.2) is 0 Å². The first-order valence-corrected chi connectivity index (χ1v) is 9.02. The fourth-order valence-corrected chi connectivity index (χ4v) is 3.97. The van der Waals surface area contributed by atoms with Gasteiger partial charge >= 0.3 is 0 Å². The summed E-state index contributed by atoms with van der Waals surface area (Å²) in [4.78, 5) is 26.3. The highest BCUT2D eigenvalue weighted by atomic mass is 32.1. The van der Waals surface area contributed by atoms with E-state index in [1.807, 2.05) is 30.3 Å². The summed E-state index contributed by atoms with van der Waals surface area (Å²) >= 11 is 1.45. The van der Waals surface area contributed by atoms with Crippen LogP contribution in [0, 0.1) is 5.92 Å². The molecule has 0 radical (unpaired) electrons. The third-order valence-corrected chi connectivity index (χ3v) is 5.69. The summed E-state index contributed by atoms with van der Waals surface area (Å²) in [5.41, 5.74) is 0.834. The van der Waals surface area contributed by atoms with Gasteiger partial charge in [-0.3, -0.25) is 9.59 Å². The van der Waals surface area contributed by atoms with Crippen LogP contribution < -0.4 is 10.2 Å². The molecule has 2 aromatic rings. The average Bonchev–Trinajstić information content (AvgIpc) is 3.13. The van der Waals surface area contributed by atoms with Gasteiger partial charge in [-0.05, 0) is 25.0 Å². The number of benzene rings is 1. The lowest BCUT2D eigenvalue weighted by Crippen LogP contribution is -2.28. The van der Waals surface area contributed by atoms with Crippen molar-refractivity contribution < 1.29 is 9.59 Å². The standard InChI is InChI=1S/C17H18N4O2S/c22-14-9-12(10-21(14)13-7-2-1-3-8-13)15(23)18-17-20-19-16(24-17)11-5-4-6-11/h1-3,7-8,11-12H,4-6,9-10H2,(H,18,20,23)/t12-/m1/s1. The molecule has 1 N–H and O–H groups in total. The topological polar surface area (TPSA) is 75.2 Å². The Kier molecular flexibility index (Phi) is 4.02. The molecule has 1 aromatic carbocycles. The quantitative estimate of drug-likeness (QED) is 0.927. The van der Waals surface area contributed by atoms with E-state index in [4.69, 9.17) is 0 Å². The summed E-state index contributed by atoms with van der Waals surface area (Å²) < 4.78 is 0. The zero-order chi connectivity index (χ0) is 16.5. The Balaban J connectivity index is 1.40. The lowest BCUT2D eigenvalue weighted by molar-refractivity contribution is -0.122. The van der Waals surface area contributed by atoms with E-state index in [-0.39, 0.29) is 24.2 Å². The maximum Gasteiger partial charge on any atom is 0.231 e. The van der Waals surface area contributed by atoms with Crippen molar-refractivity contribution in [3.8, 4) is 0 Å². The molecule has 1 aliphatic carbocycles. The van der Waals surface area contributed by atoms with Crippen LogP contribution in [0.5, 0.6) is 0 Å². The second kappa shape index (κ2) is 6.32. The number of nitrogens with zero attached hydrogens (tertiary/aromatic N) is 3. The summed E-state index contributed by atoms with van der Waals surface area (Å²) in [6, 6.07) is 9.45. The maximum absolute atomic E-state index is 12.4. The molecule has 1 saturated heterocycles. The van der Waals surface area contributed by atoms with Crippen molar-refractivity contribution in [2.75, 3.05) is 16.8 Å². The minimum absolute atomic E-state index is 0.0197. The van der Waals surface area contributed by atoms with Crippen LogP contribution in [0.2, 0.25) is 0 Å². The summed E-state index contributed by atoms with van der Waals surface area (Å²) in [7, 11) is 0. The molecule has 0 bridgehead atoms. The van der Waals surface area contributed by atoms with Crippen molar-refractivity contribution in [1.29, 1.82) is 0 Å². The molecule has 2 fully saturated rings. The molecule has 1 aromatic heterocycles. The first kappa shape index (κ1) is 15.3. The molecule has 2 heterocycles. The van der Waals surface area contributed by atoms with Crippen LogP contribution in [0.4, 0.5) is 10.8 Å². The predicted octanol–water partition coefficient (Wildman–Crippen LogP) is 2.80. The molecule has 2 amide bonds. The molecular formula is C17H18N4O2S. The van der Waals surface area contributed by atoms with Crippen LogP contribution in [-0.2, 0) is 9.59 Å². The SMILES string of the molecule is O=C(Nc1nnc(C2CCC2)s1)[C@@H]1CC(=O)N(c2ccccc2)C1. The summed E-state index contributed by atoms with van der Waals surface area (Å²) in [5.74, 6) is -0.0181. The minimum Gasteiger partial charge on any atom is -0.312 e. The van der Waals surface area contributed by atoms with Gasteiger partial charge in [-0.2, -0.15) is 0 Å². The Labute approximate surface area is 143 Å². The van der Waals surface area contributed by atoms with Gasteiger partial charge in [0.1, 0.15) is 5.01 Å². The summed E-state index contributed by atoms with van der Waals surface area (Å²) in [5, 5.41) is 12.6. The molecular weight excluding hydrogens is 324 g/mol. The van der Waals surface area contributed by atoms with Crippen LogP contribution in [0.15, 0.2) is 30.3 Å². The number of carbonyl (C=O) groups excluding carboxylic acids is 2. The normalized spacial score (nSPS) is 20.9. The van der Waals surface area contributed by atoms with Crippen molar-refractivity contribution >= 4 is 34.0 Å². The molecule has 1 saturated carbocycles. The fraction of sp³-hybridized carbons (Fsp3) is 0.412. The molecule has 6 nitrogen and oxygen atoms in total. The van der Waals surface area contributed by atoms with E-state index in [9.17, 15) is 9.59 Å². The van der Waals surface area contributed by atoms with Crippen molar-refractivity contribution in [2.45, 2.75) is 31.6 Å². The van der Waals surface area contributed by atoms with E-state index in [2.05, 4.69) is 15.5 Å². The van der Waals surface area contributed by atoms with Crippen LogP contribution in [0.3, 0.4) is 0 Å². The van der Waals surface area contributed by atoms with Gasteiger partial charge in [0.05, 0.1) is 5.92 Å². The Morgan fingerprint density at radius 2 is 2.00 bits per heavy atom. The first-order valence-electron chi connectivity index (χ1n) is 8.20. The average molecular weight is 342 g/mol. The van der Waals surface area contributed by atoms with Crippen LogP contribution in [-0.4, -0.2) is 28.6 Å². The van der Waals surface area contributed by atoms with E-state index in [1.54, 1.807) is 4.90 Å². The van der Waals surface area contributed by atoms with Crippen molar-refractivity contribution in [2.24, 2.45) is 5.92 Å². The third-order valence-electron chi connectivity index (χ3n) is 4.69. The second-order valence-electron chi connectivity index (χ2n) is 6.30. The molecule has 1 aliphatic heterocycles. The molecule has 2 aliphatic rings. The molecule has 24 heavy (non-hydrogen) atoms. The molecule has 1 atom stereocenters. The molecule has 0 unspecified atom stereocenters. The Hall–Kier alpha value is -2.28. The van der Waals surface area contributed by atoms with Gasteiger partial charge in [-0.1, -0.05) is 36.0 Å². The molecule has 0 spiro atoms. The van der Waals surface area contributed by atoms with Crippen molar-refractivity contribution in [3.05, 3.63) is 35.3 Å². The van der Waals surface area contributed by atoms with Gasteiger partial charge in [0, 0.05) is 24.6 Å². The fourth-order valence-electron chi connectivity index (χ4n) is 3.05. The Morgan fingerprint density at radius 3 is 2.71 bits per heavy atom. The highest BCUT2D eigenvalue weighted by Gasteiger charge is 2.35. The first-order chi connectivity index (χ1) is 11.7. The maximum atomic E-state index is 12.4. The second-order valence-corrected chi connectivity index (χ2v) is 7.31. The van der Waals surface area contributed by atoms with Gasteiger partial charge in [0.2, 0.25) is 16.9 Å². The van der Waals surface area contributed by atoms with E-state index in [0.717, 1.165) is 23.5 Å². The third kappa shape index (κ3) is 2.91. The van der Waals surface area contributed by atoms with Crippen LogP contribution >= 0.6 is 11.3 Å². The van der Waals surface area contributed by atoms with Gasteiger partial charge < -0.3 is 10.2 Å². The lowest BCUT2D eigenvalue weighted by atomic mass is 9.86. The van der Waals surface area contributed by atoms with Gasteiger partial charge in [-0.25, -0.2) is 0 Å². The monoisotopic (exact) mass is 342 g/mol. The highest BCUT2D eigenvalue weighted by Crippen LogP contribution is 2.38. The minimum atomic E-state index is -0.353. The largest absolute Gasteiger partial charge is 0.312 e. The lowest BCUT2D eigenvalue weighted by Gasteiger charge is -2.21.